The van der Waals surface area contributed by atoms with E-state index >= 15 is 0 Å². The Balaban J connectivity index is 2.12. The molecule has 0 aliphatic heterocycles. The highest BCUT2D eigenvalue weighted by atomic mass is 14.9. The van der Waals surface area contributed by atoms with Crippen molar-refractivity contribution in [2.75, 3.05) is 13.1 Å². The van der Waals surface area contributed by atoms with Crippen molar-refractivity contribution < 1.29 is 0 Å². The van der Waals surface area contributed by atoms with E-state index in [0.717, 1.165) is 24.8 Å². The fourth-order valence-electron chi connectivity index (χ4n) is 2.61. The second-order valence-corrected chi connectivity index (χ2v) is 6.24. The molecule has 2 heteroatoms. The van der Waals surface area contributed by atoms with Gasteiger partial charge < -0.3 is 5.32 Å². The van der Waals surface area contributed by atoms with Crippen LogP contribution in [0.25, 0.3) is 0 Å². The van der Waals surface area contributed by atoms with E-state index < -0.39 is 0 Å². The highest BCUT2D eigenvalue weighted by Gasteiger charge is 2.22. The first-order valence-corrected chi connectivity index (χ1v) is 6.61. The fourth-order valence-corrected chi connectivity index (χ4v) is 2.61. The molecule has 1 aliphatic carbocycles. The highest BCUT2D eigenvalue weighted by molar-refractivity contribution is 4.80. The molecule has 2 unspecified atom stereocenters. The Hall–Kier alpha value is -0.550. The van der Waals surface area contributed by atoms with E-state index in [0.29, 0.717) is 6.42 Å². The second kappa shape index (κ2) is 6.25. The average molecular weight is 222 g/mol. The van der Waals surface area contributed by atoms with Crippen LogP contribution in [0.4, 0.5) is 0 Å². The molecule has 1 N–H and O–H groups in total. The predicted molar refractivity (Wildman–Crippen MR) is 68.0 cm³/mol. The lowest BCUT2D eigenvalue weighted by Crippen LogP contribution is -2.32. The van der Waals surface area contributed by atoms with Crippen LogP contribution in [0, 0.1) is 28.6 Å². The standard InChI is InChI=1S/C14H26N2/c1-12-5-6-13(9-12)10-16-11-14(2,3)7-4-8-15/h12-13,16H,4-7,9-11H2,1-3H3. The molecule has 92 valence electrons. The van der Waals surface area contributed by atoms with Crippen molar-refractivity contribution in [1.82, 2.24) is 5.32 Å². The molecule has 2 atom stereocenters. The first-order chi connectivity index (χ1) is 7.53. The molecule has 0 heterocycles. The number of hydrogen-bond acceptors (Lipinski definition) is 2. The van der Waals surface area contributed by atoms with Crippen LogP contribution in [0.15, 0.2) is 0 Å². The lowest BCUT2D eigenvalue weighted by molar-refractivity contribution is 0.306. The maximum Gasteiger partial charge on any atom is 0.0621 e. The Morgan fingerprint density at radius 3 is 2.69 bits per heavy atom. The molecular weight excluding hydrogens is 196 g/mol. The van der Waals surface area contributed by atoms with Gasteiger partial charge >= 0.3 is 0 Å². The van der Waals surface area contributed by atoms with E-state index in [-0.39, 0.29) is 5.41 Å². The van der Waals surface area contributed by atoms with Crippen LogP contribution >= 0.6 is 0 Å². The number of nitriles is 1. The predicted octanol–water partition coefficient (Wildman–Crippen LogP) is 3.34. The maximum absolute atomic E-state index is 8.59. The first kappa shape index (κ1) is 13.5. The van der Waals surface area contributed by atoms with Crippen LogP contribution < -0.4 is 5.32 Å². The van der Waals surface area contributed by atoms with Crippen LogP contribution in [-0.2, 0) is 0 Å². The van der Waals surface area contributed by atoms with Gasteiger partial charge in [0.15, 0.2) is 0 Å². The summed E-state index contributed by atoms with van der Waals surface area (Å²) in [6.45, 7) is 9.06. The summed E-state index contributed by atoms with van der Waals surface area (Å²) in [5, 5.41) is 12.2. The van der Waals surface area contributed by atoms with E-state index in [2.05, 4.69) is 32.2 Å². The van der Waals surface area contributed by atoms with Crippen molar-refractivity contribution in [1.29, 1.82) is 5.26 Å². The minimum absolute atomic E-state index is 0.264. The minimum Gasteiger partial charge on any atom is -0.316 e. The minimum atomic E-state index is 0.264. The zero-order chi connectivity index (χ0) is 12.0. The summed E-state index contributed by atoms with van der Waals surface area (Å²) in [6.07, 6.45) is 5.87. The maximum atomic E-state index is 8.59. The molecule has 0 aromatic rings. The number of nitrogens with one attached hydrogen (secondary N) is 1. The molecule has 0 saturated heterocycles. The summed E-state index contributed by atoms with van der Waals surface area (Å²) in [6, 6.07) is 2.23. The molecule has 0 radical (unpaired) electrons. The largest absolute Gasteiger partial charge is 0.316 e. The van der Waals surface area contributed by atoms with Crippen molar-refractivity contribution >= 4 is 0 Å². The van der Waals surface area contributed by atoms with Crippen LogP contribution in [0.3, 0.4) is 0 Å². The van der Waals surface area contributed by atoms with Crippen molar-refractivity contribution in [2.45, 2.75) is 52.9 Å². The normalized spacial score (nSPS) is 25.6. The van der Waals surface area contributed by atoms with Gasteiger partial charge in [0.05, 0.1) is 6.07 Å². The van der Waals surface area contributed by atoms with Gasteiger partial charge in [0, 0.05) is 13.0 Å². The van der Waals surface area contributed by atoms with E-state index in [1.165, 1.54) is 25.8 Å². The number of rotatable bonds is 6. The lowest BCUT2D eigenvalue weighted by atomic mass is 9.88. The molecule has 0 bridgehead atoms. The van der Waals surface area contributed by atoms with Gasteiger partial charge in [0.25, 0.3) is 0 Å². The summed E-state index contributed by atoms with van der Waals surface area (Å²) in [4.78, 5) is 0. The third-order valence-corrected chi connectivity index (χ3v) is 3.75. The summed E-state index contributed by atoms with van der Waals surface area (Å²) >= 11 is 0. The van der Waals surface area contributed by atoms with Gasteiger partial charge in [-0.3, -0.25) is 0 Å². The van der Waals surface area contributed by atoms with Gasteiger partial charge in [0.2, 0.25) is 0 Å². The Kier molecular flexibility index (Phi) is 5.28. The van der Waals surface area contributed by atoms with Crippen molar-refractivity contribution in [3.63, 3.8) is 0 Å². The smallest absolute Gasteiger partial charge is 0.0621 e. The van der Waals surface area contributed by atoms with Gasteiger partial charge in [-0.25, -0.2) is 0 Å². The molecule has 16 heavy (non-hydrogen) atoms. The molecule has 1 saturated carbocycles. The van der Waals surface area contributed by atoms with Gasteiger partial charge in [-0.2, -0.15) is 5.26 Å². The van der Waals surface area contributed by atoms with E-state index in [1.54, 1.807) is 0 Å². The molecule has 1 aliphatic rings. The first-order valence-electron chi connectivity index (χ1n) is 6.61. The summed E-state index contributed by atoms with van der Waals surface area (Å²) in [5.74, 6) is 1.82. The zero-order valence-electron chi connectivity index (χ0n) is 11.1. The fraction of sp³-hybridized carbons (Fsp3) is 0.929. The summed E-state index contributed by atoms with van der Waals surface area (Å²) in [7, 11) is 0. The van der Waals surface area contributed by atoms with Crippen molar-refractivity contribution in [3.8, 4) is 6.07 Å². The Morgan fingerprint density at radius 1 is 1.38 bits per heavy atom. The van der Waals surface area contributed by atoms with E-state index in [9.17, 15) is 0 Å². The molecule has 0 aromatic carbocycles. The average Bonchev–Trinajstić information content (AvgIpc) is 2.61. The van der Waals surface area contributed by atoms with Crippen molar-refractivity contribution in [3.05, 3.63) is 0 Å². The lowest BCUT2D eigenvalue weighted by Gasteiger charge is -2.24. The second-order valence-electron chi connectivity index (χ2n) is 6.24. The SMILES string of the molecule is CC1CCC(CNCC(C)(C)CCC#N)C1. The van der Waals surface area contributed by atoms with Gasteiger partial charge in [-0.05, 0) is 43.1 Å². The Bertz CT molecular complexity index is 240. The monoisotopic (exact) mass is 222 g/mol. The Morgan fingerprint density at radius 2 is 2.12 bits per heavy atom. The number of hydrogen-bond donors (Lipinski definition) is 1. The third kappa shape index (κ3) is 4.99. The van der Waals surface area contributed by atoms with Gasteiger partial charge in [-0.15, -0.1) is 0 Å². The number of nitrogens with zero attached hydrogens (tertiary/aromatic N) is 1. The highest BCUT2D eigenvalue weighted by Crippen LogP contribution is 2.30. The Labute approximate surface area is 100 Å². The van der Waals surface area contributed by atoms with Crippen LogP contribution in [0.1, 0.15) is 52.9 Å². The molecule has 1 rings (SSSR count). The molecule has 0 amide bonds. The molecule has 0 spiro atoms. The van der Waals surface area contributed by atoms with Crippen molar-refractivity contribution in [2.24, 2.45) is 17.3 Å². The molecular formula is C14H26N2. The molecule has 1 fully saturated rings. The van der Waals surface area contributed by atoms with E-state index in [4.69, 9.17) is 5.26 Å². The van der Waals surface area contributed by atoms with Gasteiger partial charge in [-0.1, -0.05) is 27.2 Å². The zero-order valence-corrected chi connectivity index (χ0v) is 11.1. The molecule has 2 nitrogen and oxygen atoms in total. The summed E-state index contributed by atoms with van der Waals surface area (Å²) < 4.78 is 0. The van der Waals surface area contributed by atoms with Crippen LogP contribution in [0.2, 0.25) is 0 Å². The van der Waals surface area contributed by atoms with Gasteiger partial charge in [0.1, 0.15) is 0 Å². The topological polar surface area (TPSA) is 35.8 Å². The third-order valence-electron chi connectivity index (χ3n) is 3.75. The quantitative estimate of drug-likeness (QED) is 0.748. The van der Waals surface area contributed by atoms with Crippen LogP contribution in [0.5, 0.6) is 0 Å². The van der Waals surface area contributed by atoms with E-state index in [1.807, 2.05) is 0 Å². The summed E-state index contributed by atoms with van der Waals surface area (Å²) in [5.41, 5.74) is 0.264. The van der Waals surface area contributed by atoms with Crippen LogP contribution in [-0.4, -0.2) is 13.1 Å². The molecule has 0 aromatic heterocycles.